The number of esters is 1. The van der Waals surface area contributed by atoms with Gasteiger partial charge in [-0.3, -0.25) is 24.0 Å². The van der Waals surface area contributed by atoms with Crippen LogP contribution in [-0.4, -0.2) is 89.0 Å². The molecular formula is C44H52N2O13. The molecule has 9 atom stereocenters. The van der Waals surface area contributed by atoms with Crippen molar-refractivity contribution < 1.29 is 63.0 Å². The van der Waals surface area contributed by atoms with E-state index in [1.165, 1.54) is 60.1 Å². The Morgan fingerprint density at radius 1 is 0.898 bits per heavy atom. The zero-order valence-electron chi connectivity index (χ0n) is 34.7. The number of ether oxygens (including phenoxy) is 5. The van der Waals surface area contributed by atoms with E-state index in [9.17, 15) is 39.3 Å². The quantitative estimate of drug-likeness (QED) is 0.249. The van der Waals surface area contributed by atoms with Gasteiger partial charge in [-0.1, -0.05) is 58.1 Å². The number of phenols is 1. The van der Waals surface area contributed by atoms with Crippen molar-refractivity contribution in [3.63, 3.8) is 0 Å². The molecular weight excluding hydrogens is 764 g/mol. The van der Waals surface area contributed by atoms with Crippen molar-refractivity contribution in [2.24, 2.45) is 23.7 Å². The van der Waals surface area contributed by atoms with Gasteiger partial charge in [0.25, 0.3) is 11.7 Å². The van der Waals surface area contributed by atoms with Crippen molar-refractivity contribution in [2.75, 3.05) is 19.5 Å². The minimum atomic E-state index is -2.12. The maximum Gasteiger partial charge on any atom is 0.312 e. The van der Waals surface area contributed by atoms with E-state index in [0.717, 1.165) is 6.26 Å². The molecule has 5 bridgehead atoms. The van der Waals surface area contributed by atoms with Crippen LogP contribution in [0.15, 0.2) is 71.8 Å². The van der Waals surface area contributed by atoms with Gasteiger partial charge in [-0.15, -0.1) is 0 Å². The van der Waals surface area contributed by atoms with Crippen LogP contribution >= 0.6 is 0 Å². The number of rotatable bonds is 5. The Labute approximate surface area is 342 Å². The second kappa shape index (κ2) is 17.6. The first-order valence-electron chi connectivity index (χ1n) is 19.2. The number of fused-ring (bicyclic) bond motifs is 14. The lowest BCUT2D eigenvalue weighted by atomic mass is 9.78. The first-order chi connectivity index (χ1) is 27.8. The molecule has 6 rings (SSSR count). The van der Waals surface area contributed by atoms with Crippen LogP contribution in [-0.2, 0) is 23.8 Å². The van der Waals surface area contributed by atoms with E-state index in [1.807, 2.05) is 0 Å². The molecule has 0 saturated heterocycles. The Bertz CT molecular complexity index is 2170. The van der Waals surface area contributed by atoms with Crippen molar-refractivity contribution in [1.29, 1.82) is 0 Å². The van der Waals surface area contributed by atoms with Gasteiger partial charge in [-0.05, 0) is 32.1 Å². The summed E-state index contributed by atoms with van der Waals surface area (Å²) >= 11 is 0. The summed E-state index contributed by atoms with van der Waals surface area (Å²) in [4.78, 5) is 69.7. The minimum absolute atomic E-state index is 0.0335. The molecule has 316 valence electrons. The average molecular weight is 817 g/mol. The first kappa shape index (κ1) is 44.3. The number of aliphatic hydroxyl groups is 2. The lowest BCUT2D eigenvalue weighted by Gasteiger charge is -2.38. The SMILES string of the molecule is COc1ccccc1NC1=C2NC(=O)/C(C)=C\C=C\[C@H](C)[C@H](O)[C@@H](C)[C@H](O)[C@H](C)[C@H](OC(C)=O)[C@H](C)[C@@H](OC)/C=C/O[C@@]3(C)Oc4c(C)c(O)c(c(c4C3=O)C1=O)C2=O. The van der Waals surface area contributed by atoms with E-state index in [1.54, 1.807) is 58.0 Å². The van der Waals surface area contributed by atoms with Crippen LogP contribution in [0.4, 0.5) is 5.69 Å². The predicted molar refractivity (Wildman–Crippen MR) is 215 cm³/mol. The van der Waals surface area contributed by atoms with E-state index < -0.39 is 111 Å². The van der Waals surface area contributed by atoms with Crippen molar-refractivity contribution in [3.05, 3.63) is 94.1 Å². The maximum absolute atomic E-state index is 14.7. The number of carbonyl (C=O) groups excluding carboxylic acids is 5. The second-order valence-electron chi connectivity index (χ2n) is 15.4. The number of para-hydroxylation sites is 2. The molecule has 0 fully saturated rings. The summed E-state index contributed by atoms with van der Waals surface area (Å²) in [7, 11) is 2.82. The van der Waals surface area contributed by atoms with Crippen LogP contribution < -0.4 is 20.1 Å². The number of hydrogen-bond donors (Lipinski definition) is 5. The second-order valence-corrected chi connectivity index (χ2v) is 15.4. The van der Waals surface area contributed by atoms with Crippen LogP contribution in [0.2, 0.25) is 0 Å². The highest BCUT2D eigenvalue weighted by Gasteiger charge is 2.53. The van der Waals surface area contributed by atoms with Gasteiger partial charge in [0.15, 0.2) is 0 Å². The number of benzene rings is 2. The fraction of sp³-hybridized carbons (Fsp3) is 0.432. The number of anilines is 1. The number of nitrogens with one attached hydrogen (secondary N) is 2. The lowest BCUT2D eigenvalue weighted by Crippen LogP contribution is -2.46. The number of allylic oxidation sites excluding steroid dienone is 4. The Balaban J connectivity index is 1.70. The normalized spacial score (nSPS) is 31.0. The molecule has 3 aliphatic heterocycles. The largest absolute Gasteiger partial charge is 0.507 e. The van der Waals surface area contributed by atoms with Gasteiger partial charge in [0.2, 0.25) is 11.6 Å². The molecule has 0 aromatic heterocycles. The number of Topliss-reactive ketones (excluding diaryl/α,β-unsaturated/α-hetero) is 3. The van der Waals surface area contributed by atoms with Crippen LogP contribution in [0.25, 0.3) is 0 Å². The van der Waals surface area contributed by atoms with E-state index in [4.69, 9.17) is 23.7 Å². The summed E-state index contributed by atoms with van der Waals surface area (Å²) in [6.45, 7) is 12.3. The Morgan fingerprint density at radius 2 is 1.58 bits per heavy atom. The Hall–Kier alpha value is -5.77. The third kappa shape index (κ3) is 8.40. The van der Waals surface area contributed by atoms with E-state index in [-0.39, 0.29) is 33.9 Å². The third-order valence-corrected chi connectivity index (χ3v) is 11.3. The molecule has 0 saturated carbocycles. The highest BCUT2D eigenvalue weighted by Crippen LogP contribution is 2.49. The van der Waals surface area contributed by atoms with Gasteiger partial charge < -0.3 is 49.6 Å². The predicted octanol–water partition coefficient (Wildman–Crippen LogP) is 5.08. The van der Waals surface area contributed by atoms with E-state index in [2.05, 4.69) is 10.6 Å². The molecule has 2 aromatic rings. The van der Waals surface area contributed by atoms with Gasteiger partial charge in [0, 0.05) is 55.8 Å². The molecule has 59 heavy (non-hydrogen) atoms. The molecule has 5 N–H and O–H groups in total. The average Bonchev–Trinajstić information content (AvgIpc) is 3.47. The molecule has 0 radical (unpaired) electrons. The number of phenolic OH excluding ortho intramolecular Hbond substituents is 1. The standard InChI is InChI=1S/C44H52N2O13/c1-20-14-13-15-21(2)43(54)46-34-33(45-27-16-11-12-17-29(27)56-10)38(51)30-31(39(34)52)37(50)25(6)41-32(30)42(53)44(8,59-41)57-19-18-28(55-9)22(3)40(58-26(7)47)24(5)36(49)23(4)35(20)48/h11-20,22-24,28,35-36,40,45,48-50H,1-10H3,(H,46,54)/b14-13+,19-18+,21-15-/t20-,22+,23+,24-,28-,35-,36-,40+,44-/m0/s1. The number of carbonyl (C=O) groups is 5. The number of aromatic hydroxyl groups is 1. The van der Waals surface area contributed by atoms with Gasteiger partial charge in [-0.25, -0.2) is 0 Å². The number of aliphatic hydroxyl groups excluding tert-OH is 2. The molecule has 4 aliphatic rings. The van der Waals surface area contributed by atoms with Crippen molar-refractivity contribution >= 4 is 34.9 Å². The highest BCUT2D eigenvalue weighted by atomic mass is 16.7. The summed E-state index contributed by atoms with van der Waals surface area (Å²) in [5.41, 5.74) is -1.90. The van der Waals surface area contributed by atoms with Crippen LogP contribution in [0.5, 0.6) is 17.2 Å². The van der Waals surface area contributed by atoms with Crippen molar-refractivity contribution in [3.8, 4) is 17.2 Å². The summed E-state index contributed by atoms with van der Waals surface area (Å²) in [6.07, 6.45) is 3.26. The summed E-state index contributed by atoms with van der Waals surface area (Å²) < 4.78 is 28.9. The zero-order valence-corrected chi connectivity index (χ0v) is 34.7. The maximum atomic E-state index is 14.7. The summed E-state index contributed by atoms with van der Waals surface area (Å²) in [5.74, 6) is -9.35. The Morgan fingerprint density at radius 3 is 2.22 bits per heavy atom. The van der Waals surface area contributed by atoms with Gasteiger partial charge in [0.05, 0.1) is 54.1 Å². The van der Waals surface area contributed by atoms with Gasteiger partial charge in [-0.2, -0.15) is 0 Å². The third-order valence-electron chi connectivity index (χ3n) is 11.3. The van der Waals surface area contributed by atoms with E-state index in [0.29, 0.717) is 0 Å². The number of methoxy groups -OCH3 is 2. The molecule has 2 aromatic carbocycles. The van der Waals surface area contributed by atoms with Crippen molar-refractivity contribution in [1.82, 2.24) is 5.32 Å². The fourth-order valence-electron chi connectivity index (χ4n) is 7.69. The van der Waals surface area contributed by atoms with Gasteiger partial charge in [0.1, 0.15) is 34.7 Å². The molecule has 0 spiro atoms. The number of amides is 1. The molecule has 1 aliphatic carbocycles. The van der Waals surface area contributed by atoms with Crippen LogP contribution in [0.1, 0.15) is 85.1 Å². The molecule has 15 nitrogen and oxygen atoms in total. The highest BCUT2D eigenvalue weighted by molar-refractivity contribution is 6.33. The fourth-order valence-corrected chi connectivity index (χ4v) is 7.69. The summed E-state index contributed by atoms with van der Waals surface area (Å²) in [6, 6.07) is 6.53. The molecule has 15 heteroatoms. The molecule has 1 amide bonds. The first-order valence-corrected chi connectivity index (χ1v) is 19.2. The number of ketones is 3. The topological polar surface area (TPSA) is 216 Å². The zero-order chi connectivity index (χ0) is 43.7. The summed E-state index contributed by atoms with van der Waals surface area (Å²) in [5, 5.41) is 39.8. The minimum Gasteiger partial charge on any atom is -0.507 e. The monoisotopic (exact) mass is 816 g/mol. The van der Waals surface area contributed by atoms with Gasteiger partial charge >= 0.3 is 11.8 Å². The molecule has 3 heterocycles. The van der Waals surface area contributed by atoms with Crippen LogP contribution in [0, 0.1) is 30.6 Å². The molecule has 0 unspecified atom stereocenters. The van der Waals surface area contributed by atoms with Crippen LogP contribution in [0.3, 0.4) is 0 Å². The Kier molecular flexibility index (Phi) is 13.2. The lowest BCUT2D eigenvalue weighted by molar-refractivity contribution is -0.160. The number of hydrogen-bond acceptors (Lipinski definition) is 14. The van der Waals surface area contributed by atoms with Crippen molar-refractivity contribution in [2.45, 2.75) is 85.6 Å². The van der Waals surface area contributed by atoms with E-state index >= 15 is 0 Å². The smallest absolute Gasteiger partial charge is 0.312 e.